The normalized spacial score (nSPS) is 17.8. The van der Waals surface area contributed by atoms with Gasteiger partial charge in [-0.3, -0.25) is 4.79 Å². The first-order valence-electron chi connectivity index (χ1n) is 9.58. The monoisotopic (exact) mass is 346 g/mol. The molecule has 1 fully saturated rings. The zero-order valence-corrected chi connectivity index (χ0v) is 14.9. The molecule has 3 rings (SSSR count). The number of nitrogens with zero attached hydrogens (tertiary/aromatic N) is 2. The van der Waals surface area contributed by atoms with Gasteiger partial charge in [0.25, 0.3) is 0 Å². The van der Waals surface area contributed by atoms with Crippen molar-refractivity contribution in [2.45, 2.75) is 63.5 Å². The van der Waals surface area contributed by atoms with Crippen LogP contribution in [0, 0.1) is 0 Å². The second-order valence-electron chi connectivity index (χ2n) is 7.30. The molecule has 0 saturated heterocycles. The molecule has 1 aromatic rings. The lowest BCUT2D eigenvalue weighted by Crippen LogP contribution is -2.36. The predicted octanol–water partition coefficient (Wildman–Crippen LogP) is 2.03. The molecule has 1 aliphatic carbocycles. The van der Waals surface area contributed by atoms with Gasteiger partial charge in [0.2, 0.25) is 0 Å². The first kappa shape index (κ1) is 18.1. The van der Waals surface area contributed by atoms with Gasteiger partial charge in [0.15, 0.2) is 0 Å². The highest BCUT2D eigenvalue weighted by Gasteiger charge is 2.29. The van der Waals surface area contributed by atoms with E-state index in [9.17, 15) is 4.79 Å². The van der Waals surface area contributed by atoms with E-state index in [2.05, 4.69) is 22.3 Å². The van der Waals surface area contributed by atoms with Crippen molar-refractivity contribution < 1.29 is 9.90 Å². The van der Waals surface area contributed by atoms with E-state index in [0.29, 0.717) is 12.5 Å². The van der Waals surface area contributed by atoms with E-state index in [1.165, 1.54) is 30.5 Å². The molecule has 0 amide bonds. The lowest BCUT2D eigenvalue weighted by atomic mass is 10.1. The Balaban J connectivity index is 1.39. The van der Waals surface area contributed by atoms with E-state index in [4.69, 9.17) is 15.8 Å². The minimum atomic E-state index is -0.900. The Morgan fingerprint density at radius 2 is 2.20 bits per heavy atom. The average Bonchev–Trinajstić information content (AvgIpc) is 3.45. The first-order chi connectivity index (χ1) is 12.1. The minimum absolute atomic E-state index is 0.532. The number of hydrogen-bond donors (Lipinski definition) is 3. The summed E-state index contributed by atoms with van der Waals surface area (Å²) in [6.07, 6.45) is 8.55. The van der Waals surface area contributed by atoms with Crippen LogP contribution in [0.1, 0.15) is 49.8 Å². The lowest BCUT2D eigenvalue weighted by molar-refractivity contribution is -0.138. The van der Waals surface area contributed by atoms with E-state index in [-0.39, 0.29) is 0 Å². The number of unbranched alkanes of at least 4 members (excludes halogenated alkanes) is 1. The van der Waals surface area contributed by atoms with Crippen LogP contribution in [0.25, 0.3) is 0 Å². The molecule has 138 valence electrons. The van der Waals surface area contributed by atoms with Crippen LogP contribution < -0.4 is 11.1 Å². The molecular formula is C19H30N4O2. The number of aryl methyl sites for hydroxylation is 2. The highest BCUT2D eigenvalue weighted by molar-refractivity contribution is 5.72. The van der Waals surface area contributed by atoms with E-state index < -0.39 is 12.0 Å². The molecule has 25 heavy (non-hydrogen) atoms. The Hall–Kier alpha value is -1.66. The van der Waals surface area contributed by atoms with Crippen molar-refractivity contribution in [1.29, 1.82) is 0 Å². The summed E-state index contributed by atoms with van der Waals surface area (Å²) in [5, 5.41) is 12.3. The number of nitrogens with one attached hydrogen (secondary N) is 1. The van der Waals surface area contributed by atoms with Crippen LogP contribution in [-0.2, 0) is 17.6 Å². The number of nitrogens with two attached hydrogens (primary N) is 1. The molecule has 1 aliphatic heterocycles. The number of rotatable bonds is 10. The number of carboxylic acid groups (broad SMARTS) is 1. The third-order valence-electron chi connectivity index (χ3n) is 5.19. The number of pyridine rings is 1. The fourth-order valence-corrected chi connectivity index (χ4v) is 3.47. The van der Waals surface area contributed by atoms with E-state index in [0.717, 1.165) is 51.1 Å². The van der Waals surface area contributed by atoms with Gasteiger partial charge in [-0.2, -0.15) is 0 Å². The Morgan fingerprint density at radius 3 is 2.96 bits per heavy atom. The van der Waals surface area contributed by atoms with Crippen molar-refractivity contribution in [3.05, 3.63) is 23.4 Å². The maximum atomic E-state index is 10.9. The van der Waals surface area contributed by atoms with Gasteiger partial charge in [0.1, 0.15) is 11.9 Å². The third-order valence-corrected chi connectivity index (χ3v) is 5.19. The predicted molar refractivity (Wildman–Crippen MR) is 98.8 cm³/mol. The summed E-state index contributed by atoms with van der Waals surface area (Å²) in [6, 6.07) is 4.28. The second-order valence-corrected chi connectivity index (χ2v) is 7.30. The van der Waals surface area contributed by atoms with Crippen LogP contribution in [0.4, 0.5) is 5.82 Å². The van der Waals surface area contributed by atoms with Gasteiger partial charge in [-0.05, 0) is 69.5 Å². The molecule has 2 aliphatic rings. The van der Waals surface area contributed by atoms with Crippen molar-refractivity contribution in [2.75, 3.05) is 25.0 Å². The first-order valence-corrected chi connectivity index (χ1v) is 9.58. The summed E-state index contributed by atoms with van der Waals surface area (Å²) in [5.41, 5.74) is 8.13. The minimum Gasteiger partial charge on any atom is -0.480 e. The maximum Gasteiger partial charge on any atom is 0.320 e. The van der Waals surface area contributed by atoms with Crippen LogP contribution in [0.3, 0.4) is 0 Å². The fourth-order valence-electron chi connectivity index (χ4n) is 3.47. The van der Waals surface area contributed by atoms with E-state index >= 15 is 0 Å². The molecule has 0 radical (unpaired) electrons. The molecule has 0 aromatic carbocycles. The standard InChI is InChI=1S/C19H30N4O2/c20-17(19(24)25)10-13-23(16-8-9-16)12-2-1-5-15-7-6-14-4-3-11-21-18(14)22-15/h6-7,16-17H,1-5,8-13,20H2,(H,21,22)(H,24,25). The smallest absolute Gasteiger partial charge is 0.320 e. The highest BCUT2D eigenvalue weighted by atomic mass is 16.4. The summed E-state index contributed by atoms with van der Waals surface area (Å²) < 4.78 is 0. The van der Waals surface area contributed by atoms with E-state index in [1.54, 1.807) is 0 Å². The van der Waals surface area contributed by atoms with Gasteiger partial charge >= 0.3 is 5.97 Å². The van der Waals surface area contributed by atoms with Crippen LogP contribution in [0.5, 0.6) is 0 Å². The topological polar surface area (TPSA) is 91.5 Å². The van der Waals surface area contributed by atoms with Crippen LogP contribution in [-0.4, -0.2) is 52.7 Å². The molecule has 1 atom stereocenters. The number of fused-ring (bicyclic) bond motifs is 1. The third kappa shape index (κ3) is 5.41. The number of aliphatic carboxylic acids is 1. The van der Waals surface area contributed by atoms with Crippen molar-refractivity contribution in [2.24, 2.45) is 5.73 Å². The molecule has 1 saturated carbocycles. The fraction of sp³-hybridized carbons (Fsp3) is 0.684. The molecule has 0 bridgehead atoms. The molecule has 1 unspecified atom stereocenters. The number of carbonyl (C=O) groups is 1. The van der Waals surface area contributed by atoms with Gasteiger partial charge in [0.05, 0.1) is 0 Å². The van der Waals surface area contributed by atoms with Crippen molar-refractivity contribution in [1.82, 2.24) is 9.88 Å². The largest absolute Gasteiger partial charge is 0.480 e. The Kier molecular flexibility index (Phi) is 6.26. The Morgan fingerprint density at radius 1 is 1.36 bits per heavy atom. The molecule has 1 aromatic heterocycles. The van der Waals surface area contributed by atoms with Gasteiger partial charge in [-0.1, -0.05) is 6.07 Å². The highest BCUT2D eigenvalue weighted by Crippen LogP contribution is 2.27. The number of aromatic nitrogens is 1. The van der Waals surface area contributed by atoms with Crippen LogP contribution in [0.2, 0.25) is 0 Å². The molecule has 4 N–H and O–H groups in total. The van der Waals surface area contributed by atoms with Gasteiger partial charge in [-0.25, -0.2) is 4.98 Å². The molecule has 0 spiro atoms. The zero-order valence-electron chi connectivity index (χ0n) is 14.9. The summed E-state index contributed by atoms with van der Waals surface area (Å²) in [7, 11) is 0. The van der Waals surface area contributed by atoms with Gasteiger partial charge in [0, 0.05) is 24.8 Å². The Labute approximate surface area is 149 Å². The maximum absolute atomic E-state index is 10.9. The van der Waals surface area contributed by atoms with Crippen LogP contribution in [0.15, 0.2) is 12.1 Å². The zero-order chi connectivity index (χ0) is 17.6. The lowest BCUT2D eigenvalue weighted by Gasteiger charge is -2.23. The number of carboxylic acids is 1. The van der Waals surface area contributed by atoms with Crippen molar-refractivity contribution in [3.8, 4) is 0 Å². The number of anilines is 1. The second kappa shape index (κ2) is 8.63. The molecular weight excluding hydrogens is 316 g/mol. The molecule has 2 heterocycles. The summed E-state index contributed by atoms with van der Waals surface area (Å²) in [6.45, 7) is 2.84. The summed E-state index contributed by atoms with van der Waals surface area (Å²) >= 11 is 0. The molecule has 6 heteroatoms. The average molecular weight is 346 g/mol. The quantitative estimate of drug-likeness (QED) is 0.562. The van der Waals surface area contributed by atoms with Crippen molar-refractivity contribution >= 4 is 11.8 Å². The van der Waals surface area contributed by atoms with Gasteiger partial charge < -0.3 is 21.1 Å². The number of hydrogen-bond acceptors (Lipinski definition) is 5. The summed E-state index contributed by atoms with van der Waals surface area (Å²) in [4.78, 5) is 18.0. The van der Waals surface area contributed by atoms with Crippen LogP contribution >= 0.6 is 0 Å². The Bertz CT molecular complexity index is 589. The SMILES string of the molecule is NC(CCN(CCCCc1ccc2c(n1)NCCC2)C1CC1)C(=O)O. The van der Waals surface area contributed by atoms with Gasteiger partial charge in [-0.15, -0.1) is 0 Å². The van der Waals surface area contributed by atoms with Crippen molar-refractivity contribution in [3.63, 3.8) is 0 Å². The summed E-state index contributed by atoms with van der Waals surface area (Å²) in [5.74, 6) is 0.175. The van der Waals surface area contributed by atoms with E-state index in [1.807, 2.05) is 0 Å². The molecule has 6 nitrogen and oxygen atoms in total.